The molecule has 0 aromatic heterocycles. The molecule has 10 nitrogen and oxygen atoms in total. The minimum atomic E-state index is -0.610. The van der Waals surface area contributed by atoms with Gasteiger partial charge >= 0.3 is 0 Å². The minimum Gasteiger partial charge on any atom is -0.493 e. The van der Waals surface area contributed by atoms with Crippen LogP contribution in [0.25, 0.3) is 11.1 Å². The molecule has 1 aliphatic carbocycles. The van der Waals surface area contributed by atoms with Crippen LogP contribution in [0.15, 0.2) is 29.1 Å². The van der Waals surface area contributed by atoms with E-state index < -0.39 is 12.1 Å². The third-order valence-electron chi connectivity index (χ3n) is 7.26. The molecule has 0 bridgehead atoms. The van der Waals surface area contributed by atoms with Crippen molar-refractivity contribution in [3.8, 4) is 28.4 Å². The van der Waals surface area contributed by atoms with E-state index >= 15 is 0 Å². The van der Waals surface area contributed by atoms with Crippen molar-refractivity contribution in [3.05, 3.63) is 45.6 Å². The van der Waals surface area contributed by atoms with E-state index in [1.807, 2.05) is 40.1 Å². The number of benzene rings is 1. The zero-order valence-electron chi connectivity index (χ0n) is 25.5. The highest BCUT2D eigenvalue weighted by Crippen LogP contribution is 2.50. The molecule has 2 amide bonds. The standard InChI is InChI=1S/C31H44N4O6/c1-18(2)28(31(38)32-14-9-15-35(4)5)34-24-13-11-21-22(17-25(24)37)23(33-19(3)36)12-10-20-16-26(39-6)29(40-7)30(41-8)27(20)21/h11,13,16-18,23,28H,9-10,12,14-15H2,1-8H3,(H,32,38)(H,33,36)(H,34,37). The Labute approximate surface area is 242 Å². The van der Waals surface area contributed by atoms with Crippen LogP contribution in [0.1, 0.15) is 50.8 Å². The summed E-state index contributed by atoms with van der Waals surface area (Å²) in [6.45, 7) is 6.74. The number of hydrogen-bond acceptors (Lipinski definition) is 8. The van der Waals surface area contributed by atoms with E-state index in [4.69, 9.17) is 14.2 Å². The van der Waals surface area contributed by atoms with Gasteiger partial charge in [-0.3, -0.25) is 14.4 Å². The molecule has 41 heavy (non-hydrogen) atoms. The summed E-state index contributed by atoms with van der Waals surface area (Å²) < 4.78 is 17.1. The van der Waals surface area contributed by atoms with E-state index in [-0.39, 0.29) is 23.2 Å². The number of hydrogen-bond donors (Lipinski definition) is 3. The van der Waals surface area contributed by atoms with Gasteiger partial charge in [-0.05, 0) is 80.7 Å². The van der Waals surface area contributed by atoms with Crippen molar-refractivity contribution in [2.24, 2.45) is 5.92 Å². The van der Waals surface area contributed by atoms with Gasteiger partial charge in [0.25, 0.3) is 0 Å². The molecular weight excluding hydrogens is 524 g/mol. The first kappa shape index (κ1) is 31.7. The molecule has 2 aromatic rings. The van der Waals surface area contributed by atoms with Crippen molar-refractivity contribution in [1.82, 2.24) is 15.5 Å². The Morgan fingerprint density at radius 3 is 2.34 bits per heavy atom. The average molecular weight is 569 g/mol. The summed E-state index contributed by atoms with van der Waals surface area (Å²) in [5.74, 6) is 1.03. The first-order chi connectivity index (χ1) is 19.5. The maximum absolute atomic E-state index is 13.7. The van der Waals surface area contributed by atoms with Crippen LogP contribution in [0, 0.1) is 5.92 Å². The minimum absolute atomic E-state index is 0.0729. The third kappa shape index (κ3) is 7.49. The SMILES string of the molecule is COc1cc2c(c(OC)c1OC)-c1ccc(NC(C(=O)NCCCN(C)C)C(C)C)c(=O)cc1C(NC(C)=O)CC2. The molecule has 0 fully saturated rings. The summed E-state index contributed by atoms with van der Waals surface area (Å²) in [7, 11) is 8.66. The fourth-order valence-electron chi connectivity index (χ4n) is 5.25. The summed E-state index contributed by atoms with van der Waals surface area (Å²) in [5, 5.41) is 9.21. The van der Waals surface area contributed by atoms with Crippen LogP contribution < -0.4 is 35.6 Å². The molecule has 0 aliphatic heterocycles. The predicted molar refractivity (Wildman–Crippen MR) is 161 cm³/mol. The van der Waals surface area contributed by atoms with E-state index in [9.17, 15) is 14.4 Å². The number of anilines is 1. The number of amides is 2. The lowest BCUT2D eigenvalue weighted by Crippen LogP contribution is -2.44. The number of nitrogens with zero attached hydrogens (tertiary/aromatic N) is 1. The number of carbonyl (C=O) groups excluding carboxylic acids is 2. The number of aryl methyl sites for hydroxylation is 1. The topological polar surface area (TPSA) is 118 Å². The van der Waals surface area contributed by atoms with E-state index in [1.54, 1.807) is 33.5 Å². The van der Waals surface area contributed by atoms with Crippen molar-refractivity contribution >= 4 is 17.5 Å². The Kier molecular flexibility index (Phi) is 11.0. The molecular formula is C31H44N4O6. The lowest BCUT2D eigenvalue weighted by Gasteiger charge is -2.22. The van der Waals surface area contributed by atoms with Crippen LogP contribution in [-0.2, 0) is 16.0 Å². The third-order valence-corrected chi connectivity index (χ3v) is 7.26. The van der Waals surface area contributed by atoms with Crippen molar-refractivity contribution in [2.75, 3.05) is 53.8 Å². The van der Waals surface area contributed by atoms with Gasteiger partial charge < -0.3 is 35.1 Å². The van der Waals surface area contributed by atoms with Gasteiger partial charge in [-0.15, -0.1) is 0 Å². The van der Waals surface area contributed by atoms with Crippen molar-refractivity contribution in [3.63, 3.8) is 0 Å². The molecule has 0 spiro atoms. The van der Waals surface area contributed by atoms with E-state index in [0.29, 0.717) is 47.9 Å². The molecule has 3 rings (SSSR count). The molecule has 3 N–H and O–H groups in total. The largest absolute Gasteiger partial charge is 0.493 e. The number of rotatable bonds is 12. The lowest BCUT2D eigenvalue weighted by atomic mass is 9.95. The number of ether oxygens (including phenoxy) is 3. The van der Waals surface area contributed by atoms with Gasteiger partial charge in [-0.25, -0.2) is 0 Å². The van der Waals surface area contributed by atoms with Gasteiger partial charge in [0.15, 0.2) is 11.5 Å². The van der Waals surface area contributed by atoms with E-state index in [1.165, 1.54) is 6.92 Å². The molecule has 0 radical (unpaired) electrons. The first-order valence-electron chi connectivity index (χ1n) is 14.0. The number of carbonyl (C=O) groups is 2. The Morgan fingerprint density at radius 2 is 1.76 bits per heavy atom. The van der Waals surface area contributed by atoms with Crippen LogP contribution in [-0.4, -0.2) is 71.3 Å². The summed E-state index contributed by atoms with van der Waals surface area (Å²) in [5.41, 5.74) is 3.12. The second-order valence-electron chi connectivity index (χ2n) is 10.9. The van der Waals surface area contributed by atoms with E-state index in [0.717, 1.165) is 29.7 Å². The van der Waals surface area contributed by atoms with Crippen LogP contribution in [0.2, 0.25) is 0 Å². The molecule has 0 saturated heterocycles. The van der Waals surface area contributed by atoms with Crippen LogP contribution in [0.5, 0.6) is 17.2 Å². The van der Waals surface area contributed by atoms with Gasteiger partial charge in [-0.2, -0.15) is 0 Å². The number of fused-ring (bicyclic) bond motifs is 3. The van der Waals surface area contributed by atoms with Crippen LogP contribution >= 0.6 is 0 Å². The second-order valence-corrected chi connectivity index (χ2v) is 10.9. The zero-order valence-corrected chi connectivity index (χ0v) is 25.5. The van der Waals surface area contributed by atoms with Gasteiger partial charge in [-0.1, -0.05) is 19.9 Å². The smallest absolute Gasteiger partial charge is 0.242 e. The Balaban J connectivity index is 2.13. The second kappa shape index (κ2) is 14.2. The summed E-state index contributed by atoms with van der Waals surface area (Å²) in [4.78, 5) is 41.0. The lowest BCUT2D eigenvalue weighted by molar-refractivity contribution is -0.122. The zero-order chi connectivity index (χ0) is 30.3. The van der Waals surface area contributed by atoms with Gasteiger partial charge in [0.05, 0.1) is 33.1 Å². The molecule has 10 heteroatoms. The van der Waals surface area contributed by atoms with Crippen molar-refractivity contribution in [2.45, 2.75) is 52.1 Å². The van der Waals surface area contributed by atoms with Crippen molar-refractivity contribution in [1.29, 1.82) is 0 Å². The van der Waals surface area contributed by atoms with Crippen LogP contribution in [0.4, 0.5) is 5.69 Å². The number of methoxy groups -OCH3 is 3. The summed E-state index contributed by atoms with van der Waals surface area (Å²) in [6.07, 6.45) is 2.00. The van der Waals surface area contributed by atoms with Gasteiger partial charge in [0, 0.05) is 19.0 Å². The first-order valence-corrected chi connectivity index (χ1v) is 14.0. The van der Waals surface area contributed by atoms with Crippen LogP contribution in [0.3, 0.4) is 0 Å². The summed E-state index contributed by atoms with van der Waals surface area (Å²) in [6, 6.07) is 5.99. The molecule has 224 valence electrons. The molecule has 2 aromatic carbocycles. The monoisotopic (exact) mass is 568 g/mol. The summed E-state index contributed by atoms with van der Waals surface area (Å²) >= 11 is 0. The fraction of sp³-hybridized carbons (Fsp3) is 0.516. The Hall–Kier alpha value is -3.79. The van der Waals surface area contributed by atoms with E-state index in [2.05, 4.69) is 20.9 Å². The highest BCUT2D eigenvalue weighted by molar-refractivity contribution is 5.86. The average Bonchev–Trinajstić information content (AvgIpc) is 3.16. The molecule has 2 unspecified atom stereocenters. The Morgan fingerprint density at radius 1 is 1.05 bits per heavy atom. The van der Waals surface area contributed by atoms with Crippen molar-refractivity contribution < 1.29 is 23.8 Å². The fourth-order valence-corrected chi connectivity index (χ4v) is 5.25. The highest BCUT2D eigenvalue weighted by atomic mass is 16.5. The highest BCUT2D eigenvalue weighted by Gasteiger charge is 2.30. The maximum Gasteiger partial charge on any atom is 0.242 e. The molecule has 0 heterocycles. The molecule has 0 saturated carbocycles. The Bertz CT molecular complexity index is 1310. The maximum atomic E-state index is 13.7. The van der Waals surface area contributed by atoms with Gasteiger partial charge in [0.2, 0.25) is 23.0 Å². The quantitative estimate of drug-likeness (QED) is 0.334. The van der Waals surface area contributed by atoms with Gasteiger partial charge in [0.1, 0.15) is 6.04 Å². The number of nitrogens with one attached hydrogen (secondary N) is 3. The predicted octanol–water partition coefficient (Wildman–Crippen LogP) is 3.37. The normalized spacial score (nSPS) is 14.8. The molecule has 1 aliphatic rings. The molecule has 2 atom stereocenters.